The SMILES string of the molecule is CCC(N)Cc1ccc(Cl)cc1-n1cc(I)cn1. The monoisotopic (exact) mass is 375 g/mol. The average Bonchev–Trinajstić information content (AvgIpc) is 2.78. The maximum absolute atomic E-state index is 6.07. The summed E-state index contributed by atoms with van der Waals surface area (Å²) in [6, 6.07) is 6.03. The van der Waals surface area contributed by atoms with E-state index in [1.165, 1.54) is 5.56 Å². The molecule has 0 bridgehead atoms. The van der Waals surface area contributed by atoms with Crippen molar-refractivity contribution >= 4 is 34.2 Å². The van der Waals surface area contributed by atoms with Crippen LogP contribution in [-0.2, 0) is 6.42 Å². The van der Waals surface area contributed by atoms with Gasteiger partial charge in [0.2, 0.25) is 0 Å². The fourth-order valence-electron chi connectivity index (χ4n) is 1.78. The van der Waals surface area contributed by atoms with Crippen LogP contribution in [0, 0.1) is 3.57 Å². The molecular weight excluding hydrogens is 361 g/mol. The molecule has 96 valence electrons. The Morgan fingerprint density at radius 3 is 2.89 bits per heavy atom. The van der Waals surface area contributed by atoms with Gasteiger partial charge in [0.1, 0.15) is 0 Å². The van der Waals surface area contributed by atoms with Crippen molar-refractivity contribution in [1.82, 2.24) is 9.78 Å². The van der Waals surface area contributed by atoms with Gasteiger partial charge in [0.15, 0.2) is 0 Å². The lowest BCUT2D eigenvalue weighted by molar-refractivity contribution is 0.642. The Kier molecular flexibility index (Phi) is 4.64. The molecule has 5 heteroatoms. The number of aromatic nitrogens is 2. The van der Waals surface area contributed by atoms with Crippen LogP contribution in [0.3, 0.4) is 0 Å². The zero-order valence-electron chi connectivity index (χ0n) is 10.1. The molecule has 0 radical (unpaired) electrons. The zero-order valence-corrected chi connectivity index (χ0v) is 13.0. The van der Waals surface area contributed by atoms with E-state index in [4.69, 9.17) is 17.3 Å². The van der Waals surface area contributed by atoms with Crippen molar-refractivity contribution in [3.8, 4) is 5.69 Å². The van der Waals surface area contributed by atoms with Crippen LogP contribution in [0.5, 0.6) is 0 Å². The summed E-state index contributed by atoms with van der Waals surface area (Å²) in [6.07, 6.45) is 5.59. The molecule has 3 nitrogen and oxygen atoms in total. The predicted octanol–water partition coefficient (Wildman–Crippen LogP) is 3.41. The second-order valence-corrected chi connectivity index (χ2v) is 5.93. The fourth-order valence-corrected chi connectivity index (χ4v) is 2.34. The topological polar surface area (TPSA) is 43.8 Å². The van der Waals surface area contributed by atoms with Gasteiger partial charge >= 0.3 is 0 Å². The Morgan fingerprint density at radius 1 is 1.50 bits per heavy atom. The van der Waals surface area contributed by atoms with Gasteiger partial charge in [0.05, 0.1) is 15.5 Å². The molecule has 1 unspecified atom stereocenters. The smallest absolute Gasteiger partial charge is 0.0693 e. The number of nitrogens with two attached hydrogens (primary N) is 1. The van der Waals surface area contributed by atoms with Gasteiger partial charge in [0.25, 0.3) is 0 Å². The molecule has 0 aliphatic rings. The van der Waals surface area contributed by atoms with Crippen LogP contribution in [0.15, 0.2) is 30.6 Å². The minimum atomic E-state index is 0.166. The first kappa shape index (κ1) is 13.8. The quantitative estimate of drug-likeness (QED) is 0.832. The van der Waals surface area contributed by atoms with Crippen molar-refractivity contribution in [1.29, 1.82) is 0 Å². The summed E-state index contributed by atoms with van der Waals surface area (Å²) in [5, 5.41) is 5.04. The van der Waals surface area contributed by atoms with Gasteiger partial charge in [0, 0.05) is 17.3 Å². The molecule has 1 aromatic carbocycles. The first-order valence-electron chi connectivity index (χ1n) is 5.84. The number of rotatable bonds is 4. The molecule has 0 saturated carbocycles. The standard InChI is InChI=1S/C13H15ClIN3/c1-2-12(16)5-9-3-4-10(14)6-13(9)18-8-11(15)7-17-18/h3-4,6-8,12H,2,5,16H2,1H3. The van der Waals surface area contributed by atoms with E-state index < -0.39 is 0 Å². The van der Waals surface area contributed by atoms with E-state index in [-0.39, 0.29) is 6.04 Å². The third kappa shape index (κ3) is 3.24. The summed E-state index contributed by atoms with van der Waals surface area (Å²) in [7, 11) is 0. The molecule has 1 aromatic heterocycles. The predicted molar refractivity (Wildman–Crippen MR) is 83.3 cm³/mol. The average molecular weight is 376 g/mol. The van der Waals surface area contributed by atoms with Crippen LogP contribution in [0.1, 0.15) is 18.9 Å². The van der Waals surface area contributed by atoms with Gasteiger partial charge in [-0.15, -0.1) is 0 Å². The molecule has 0 saturated heterocycles. The summed E-state index contributed by atoms with van der Waals surface area (Å²) < 4.78 is 2.95. The molecule has 1 heterocycles. The Bertz CT molecular complexity index is 539. The molecule has 0 aliphatic carbocycles. The minimum Gasteiger partial charge on any atom is -0.327 e. The lowest BCUT2D eigenvalue weighted by Crippen LogP contribution is -2.22. The molecule has 0 fully saturated rings. The molecule has 0 spiro atoms. The van der Waals surface area contributed by atoms with Gasteiger partial charge in [-0.1, -0.05) is 24.6 Å². The summed E-state index contributed by atoms with van der Waals surface area (Å²) in [6.45, 7) is 2.09. The van der Waals surface area contributed by atoms with E-state index in [0.29, 0.717) is 5.02 Å². The van der Waals surface area contributed by atoms with Crippen molar-refractivity contribution in [3.05, 3.63) is 44.7 Å². The molecule has 0 amide bonds. The Labute approximate surface area is 125 Å². The van der Waals surface area contributed by atoms with E-state index >= 15 is 0 Å². The van der Waals surface area contributed by atoms with E-state index in [1.54, 1.807) is 0 Å². The summed E-state index contributed by atoms with van der Waals surface area (Å²) in [5.41, 5.74) is 8.21. The van der Waals surface area contributed by atoms with Crippen LogP contribution >= 0.6 is 34.2 Å². The lowest BCUT2D eigenvalue weighted by atomic mass is 10.0. The molecule has 2 aromatic rings. The first-order chi connectivity index (χ1) is 8.60. The van der Waals surface area contributed by atoms with Crippen LogP contribution in [0.4, 0.5) is 0 Å². The van der Waals surface area contributed by atoms with Crippen LogP contribution in [-0.4, -0.2) is 15.8 Å². The van der Waals surface area contributed by atoms with Crippen molar-refractivity contribution in [3.63, 3.8) is 0 Å². The highest BCUT2D eigenvalue weighted by atomic mass is 127. The summed E-state index contributed by atoms with van der Waals surface area (Å²) >= 11 is 8.31. The van der Waals surface area contributed by atoms with Gasteiger partial charge in [-0.2, -0.15) is 5.10 Å². The highest BCUT2D eigenvalue weighted by molar-refractivity contribution is 14.1. The number of nitrogens with zero attached hydrogens (tertiary/aromatic N) is 2. The molecule has 2 rings (SSSR count). The van der Waals surface area contributed by atoms with Gasteiger partial charge in [-0.3, -0.25) is 0 Å². The third-order valence-electron chi connectivity index (χ3n) is 2.85. The van der Waals surface area contributed by atoms with E-state index in [2.05, 4.69) is 34.6 Å². The lowest BCUT2D eigenvalue weighted by Gasteiger charge is -2.13. The molecule has 1 atom stereocenters. The highest BCUT2D eigenvalue weighted by Crippen LogP contribution is 2.21. The highest BCUT2D eigenvalue weighted by Gasteiger charge is 2.10. The summed E-state index contributed by atoms with van der Waals surface area (Å²) in [4.78, 5) is 0. The third-order valence-corrected chi connectivity index (χ3v) is 3.64. The Morgan fingerprint density at radius 2 is 2.28 bits per heavy atom. The Hall–Kier alpha value is -0.590. The molecule has 2 N–H and O–H groups in total. The number of benzene rings is 1. The normalized spacial score (nSPS) is 12.7. The molecular formula is C13H15ClIN3. The zero-order chi connectivity index (χ0) is 13.1. The van der Waals surface area contributed by atoms with Crippen molar-refractivity contribution in [2.24, 2.45) is 5.73 Å². The maximum Gasteiger partial charge on any atom is 0.0693 e. The van der Waals surface area contributed by atoms with Crippen molar-refractivity contribution < 1.29 is 0 Å². The summed E-state index contributed by atoms with van der Waals surface area (Å²) in [5.74, 6) is 0. The minimum absolute atomic E-state index is 0.166. The van der Waals surface area contributed by atoms with Gasteiger partial charge in [-0.25, -0.2) is 4.68 Å². The van der Waals surface area contributed by atoms with Crippen LogP contribution in [0.25, 0.3) is 5.69 Å². The first-order valence-corrected chi connectivity index (χ1v) is 7.30. The largest absolute Gasteiger partial charge is 0.327 e. The van der Waals surface area contributed by atoms with E-state index in [0.717, 1.165) is 22.1 Å². The van der Waals surface area contributed by atoms with Gasteiger partial charge in [-0.05, 0) is 53.1 Å². The number of halogens is 2. The van der Waals surface area contributed by atoms with Crippen molar-refractivity contribution in [2.45, 2.75) is 25.8 Å². The molecule has 18 heavy (non-hydrogen) atoms. The van der Waals surface area contributed by atoms with Gasteiger partial charge < -0.3 is 5.73 Å². The number of hydrogen-bond donors (Lipinski definition) is 1. The second kappa shape index (κ2) is 6.04. The maximum atomic E-state index is 6.07. The number of hydrogen-bond acceptors (Lipinski definition) is 2. The fraction of sp³-hybridized carbons (Fsp3) is 0.308. The van der Waals surface area contributed by atoms with Crippen LogP contribution < -0.4 is 5.73 Å². The van der Waals surface area contributed by atoms with E-state index in [9.17, 15) is 0 Å². The van der Waals surface area contributed by atoms with E-state index in [1.807, 2.05) is 35.3 Å². The Balaban J connectivity index is 2.40. The second-order valence-electron chi connectivity index (χ2n) is 4.25. The van der Waals surface area contributed by atoms with Crippen LogP contribution in [0.2, 0.25) is 5.02 Å². The molecule has 0 aliphatic heterocycles. The van der Waals surface area contributed by atoms with Crippen molar-refractivity contribution in [2.75, 3.05) is 0 Å².